The van der Waals surface area contributed by atoms with E-state index in [4.69, 9.17) is 4.74 Å². The highest BCUT2D eigenvalue weighted by Crippen LogP contribution is 2.31. The van der Waals surface area contributed by atoms with Crippen molar-refractivity contribution in [2.24, 2.45) is 5.92 Å². The van der Waals surface area contributed by atoms with E-state index in [9.17, 15) is 4.79 Å². The third-order valence-corrected chi connectivity index (χ3v) is 2.43. The molecule has 5 nitrogen and oxygen atoms in total. The van der Waals surface area contributed by atoms with Crippen molar-refractivity contribution in [1.82, 2.24) is 15.4 Å². The fourth-order valence-electron chi connectivity index (χ4n) is 1.40. The Kier molecular flexibility index (Phi) is 1.71. The Morgan fingerprint density at radius 1 is 1.47 bits per heavy atom. The zero-order valence-corrected chi connectivity index (χ0v) is 7.93. The van der Waals surface area contributed by atoms with Gasteiger partial charge in [0.15, 0.2) is 0 Å². The van der Waals surface area contributed by atoms with Crippen molar-refractivity contribution in [2.45, 2.75) is 12.8 Å². The third kappa shape index (κ3) is 1.56. The zero-order chi connectivity index (χ0) is 10.3. The maximum atomic E-state index is 11.4. The van der Waals surface area contributed by atoms with Gasteiger partial charge in [0.2, 0.25) is 0 Å². The number of aromatic nitrogens is 3. The summed E-state index contributed by atoms with van der Waals surface area (Å²) in [6.45, 7) is 0. The lowest BCUT2D eigenvalue weighted by atomic mass is 10.3. The number of hydrogen-bond acceptors (Lipinski definition) is 4. The molecule has 0 unspecified atom stereocenters. The normalized spacial score (nSPS) is 15.5. The van der Waals surface area contributed by atoms with Crippen molar-refractivity contribution in [3.8, 4) is 5.75 Å². The Hall–Kier alpha value is -1.91. The SMILES string of the molecule is O=C(Oc1ccc2[nH]nnc2c1)C1CC1. The molecule has 0 amide bonds. The lowest BCUT2D eigenvalue weighted by Gasteiger charge is -2.01. The van der Waals surface area contributed by atoms with E-state index in [1.807, 2.05) is 0 Å². The highest BCUT2D eigenvalue weighted by atomic mass is 16.5. The number of rotatable bonds is 2. The van der Waals surface area contributed by atoms with Crippen LogP contribution in [-0.2, 0) is 4.79 Å². The molecule has 1 aliphatic carbocycles. The number of hydrogen-bond donors (Lipinski definition) is 1. The van der Waals surface area contributed by atoms with Gasteiger partial charge >= 0.3 is 5.97 Å². The number of fused-ring (bicyclic) bond motifs is 1. The van der Waals surface area contributed by atoms with E-state index in [0.717, 1.165) is 18.4 Å². The Balaban J connectivity index is 1.86. The smallest absolute Gasteiger partial charge is 0.314 e. The van der Waals surface area contributed by atoms with E-state index >= 15 is 0 Å². The van der Waals surface area contributed by atoms with Crippen LogP contribution >= 0.6 is 0 Å². The standard InChI is InChI=1S/C10H9N3O2/c14-10(6-1-2-6)15-7-3-4-8-9(5-7)12-13-11-8/h3-6H,1-2H2,(H,11,12,13). The molecule has 1 saturated carbocycles. The molecule has 0 atom stereocenters. The van der Waals surface area contributed by atoms with Crippen LogP contribution in [0, 0.1) is 5.92 Å². The van der Waals surface area contributed by atoms with Gasteiger partial charge in [-0.05, 0) is 25.0 Å². The topological polar surface area (TPSA) is 67.9 Å². The first-order valence-corrected chi connectivity index (χ1v) is 4.85. The Labute approximate surface area is 85.4 Å². The largest absolute Gasteiger partial charge is 0.426 e. The molecule has 3 rings (SSSR count). The Morgan fingerprint density at radius 3 is 3.13 bits per heavy atom. The molecular weight excluding hydrogens is 194 g/mol. The molecule has 76 valence electrons. The first-order valence-electron chi connectivity index (χ1n) is 4.85. The molecule has 5 heteroatoms. The van der Waals surface area contributed by atoms with Crippen LogP contribution in [0.5, 0.6) is 5.75 Å². The van der Waals surface area contributed by atoms with Crippen molar-refractivity contribution in [1.29, 1.82) is 0 Å². The fraction of sp³-hybridized carbons (Fsp3) is 0.300. The number of esters is 1. The molecule has 0 radical (unpaired) electrons. The molecule has 2 aromatic rings. The maximum Gasteiger partial charge on any atom is 0.314 e. The summed E-state index contributed by atoms with van der Waals surface area (Å²) < 4.78 is 5.20. The molecule has 0 saturated heterocycles. The molecule has 1 N–H and O–H groups in total. The summed E-state index contributed by atoms with van der Waals surface area (Å²) in [6, 6.07) is 5.24. The molecule has 0 bridgehead atoms. The van der Waals surface area contributed by atoms with Crippen LogP contribution < -0.4 is 4.74 Å². The predicted octanol–water partition coefficient (Wildman–Crippen LogP) is 1.27. The van der Waals surface area contributed by atoms with Crippen molar-refractivity contribution in [2.75, 3.05) is 0 Å². The second kappa shape index (κ2) is 3.05. The zero-order valence-electron chi connectivity index (χ0n) is 7.93. The van der Waals surface area contributed by atoms with Gasteiger partial charge in [0.05, 0.1) is 11.4 Å². The van der Waals surface area contributed by atoms with E-state index in [2.05, 4.69) is 15.4 Å². The van der Waals surface area contributed by atoms with Crippen LogP contribution in [0.1, 0.15) is 12.8 Å². The second-order valence-corrected chi connectivity index (χ2v) is 3.69. The van der Waals surface area contributed by atoms with Crippen LogP contribution in [-0.4, -0.2) is 21.4 Å². The average Bonchev–Trinajstić information content (AvgIpc) is 2.98. The number of carbonyl (C=O) groups is 1. The summed E-state index contributed by atoms with van der Waals surface area (Å²) in [4.78, 5) is 11.4. The molecule has 1 aromatic heterocycles. The van der Waals surface area contributed by atoms with Gasteiger partial charge in [-0.2, -0.15) is 0 Å². The maximum absolute atomic E-state index is 11.4. The number of carbonyl (C=O) groups excluding carboxylic acids is 1. The summed E-state index contributed by atoms with van der Waals surface area (Å²) in [5.41, 5.74) is 1.54. The third-order valence-electron chi connectivity index (χ3n) is 2.43. The average molecular weight is 203 g/mol. The Bertz CT molecular complexity index is 516. The summed E-state index contributed by atoms with van der Waals surface area (Å²) >= 11 is 0. The van der Waals surface area contributed by atoms with Crippen molar-refractivity contribution >= 4 is 17.0 Å². The lowest BCUT2D eigenvalue weighted by molar-refractivity contribution is -0.135. The van der Waals surface area contributed by atoms with E-state index in [1.54, 1.807) is 18.2 Å². The van der Waals surface area contributed by atoms with Gasteiger partial charge in [-0.3, -0.25) is 9.89 Å². The monoisotopic (exact) mass is 203 g/mol. The lowest BCUT2D eigenvalue weighted by Crippen LogP contribution is -2.09. The van der Waals surface area contributed by atoms with Crippen molar-refractivity contribution < 1.29 is 9.53 Å². The van der Waals surface area contributed by atoms with Gasteiger partial charge in [-0.25, -0.2) is 0 Å². The first kappa shape index (κ1) is 8.40. The van der Waals surface area contributed by atoms with E-state index in [0.29, 0.717) is 11.3 Å². The summed E-state index contributed by atoms with van der Waals surface area (Å²) in [7, 11) is 0. The van der Waals surface area contributed by atoms with E-state index in [1.165, 1.54) is 0 Å². The van der Waals surface area contributed by atoms with Crippen LogP contribution in [0.15, 0.2) is 18.2 Å². The number of benzene rings is 1. The number of nitrogens with zero attached hydrogens (tertiary/aromatic N) is 2. The second-order valence-electron chi connectivity index (χ2n) is 3.69. The molecular formula is C10H9N3O2. The first-order chi connectivity index (χ1) is 7.33. The van der Waals surface area contributed by atoms with Gasteiger partial charge in [-0.1, -0.05) is 5.21 Å². The fourth-order valence-corrected chi connectivity index (χ4v) is 1.40. The number of H-pyrrole nitrogens is 1. The molecule has 1 aliphatic rings. The molecule has 1 fully saturated rings. The Morgan fingerprint density at radius 2 is 2.33 bits per heavy atom. The minimum Gasteiger partial charge on any atom is -0.426 e. The highest BCUT2D eigenvalue weighted by molar-refractivity contribution is 5.80. The van der Waals surface area contributed by atoms with Crippen molar-refractivity contribution in [3.05, 3.63) is 18.2 Å². The summed E-state index contributed by atoms with van der Waals surface area (Å²) in [6.07, 6.45) is 1.90. The number of ether oxygens (including phenoxy) is 1. The van der Waals surface area contributed by atoms with Gasteiger partial charge < -0.3 is 4.74 Å². The predicted molar refractivity (Wildman–Crippen MR) is 52.2 cm³/mol. The molecule has 1 heterocycles. The number of nitrogens with one attached hydrogen (secondary N) is 1. The van der Waals surface area contributed by atoms with Gasteiger partial charge in [0, 0.05) is 6.07 Å². The van der Waals surface area contributed by atoms with Gasteiger partial charge in [0.1, 0.15) is 11.3 Å². The van der Waals surface area contributed by atoms with Crippen molar-refractivity contribution in [3.63, 3.8) is 0 Å². The van der Waals surface area contributed by atoms with Crippen LogP contribution in [0.3, 0.4) is 0 Å². The molecule has 0 aliphatic heterocycles. The minimum absolute atomic E-state index is 0.109. The summed E-state index contributed by atoms with van der Waals surface area (Å²) in [5.74, 6) is 0.504. The molecule has 1 aromatic carbocycles. The van der Waals surface area contributed by atoms with Crippen LogP contribution in [0.25, 0.3) is 11.0 Å². The minimum atomic E-state index is -0.141. The van der Waals surface area contributed by atoms with E-state index < -0.39 is 0 Å². The van der Waals surface area contributed by atoms with Gasteiger partial charge in [-0.15, -0.1) is 5.10 Å². The van der Waals surface area contributed by atoms with E-state index in [-0.39, 0.29) is 11.9 Å². The summed E-state index contributed by atoms with van der Waals surface area (Å²) in [5, 5.41) is 10.2. The molecule has 0 spiro atoms. The van der Waals surface area contributed by atoms with Gasteiger partial charge in [0.25, 0.3) is 0 Å². The van der Waals surface area contributed by atoms with Crippen LogP contribution in [0.4, 0.5) is 0 Å². The highest BCUT2D eigenvalue weighted by Gasteiger charge is 2.31. The van der Waals surface area contributed by atoms with Crippen LogP contribution in [0.2, 0.25) is 0 Å². The quantitative estimate of drug-likeness (QED) is 0.589. The number of aromatic amines is 1. The molecule has 15 heavy (non-hydrogen) atoms.